The van der Waals surface area contributed by atoms with Gasteiger partial charge in [-0.15, -0.1) is 0 Å². The lowest BCUT2D eigenvalue weighted by Crippen LogP contribution is -2.55. The van der Waals surface area contributed by atoms with Crippen molar-refractivity contribution < 1.29 is 9.53 Å². The first-order chi connectivity index (χ1) is 9.97. The molecule has 2 heterocycles. The van der Waals surface area contributed by atoms with Gasteiger partial charge in [0.2, 0.25) is 5.91 Å². The molecule has 0 aliphatic carbocycles. The molecule has 0 saturated carbocycles. The molecule has 2 rings (SSSR count). The highest BCUT2D eigenvalue weighted by atomic mass is 16.5. The number of hydrogen-bond acceptors (Lipinski definition) is 4. The number of rotatable bonds is 4. The van der Waals surface area contributed by atoms with Crippen LogP contribution in [-0.4, -0.2) is 47.1 Å². The first kappa shape index (κ1) is 15.9. The van der Waals surface area contributed by atoms with Crippen LogP contribution in [0.4, 0.5) is 5.69 Å². The Bertz CT molecular complexity index is 454. The fourth-order valence-corrected chi connectivity index (χ4v) is 2.99. The lowest BCUT2D eigenvalue weighted by Gasteiger charge is -2.41. The van der Waals surface area contributed by atoms with E-state index in [1.807, 2.05) is 0 Å². The molecule has 1 fully saturated rings. The quantitative estimate of drug-likeness (QED) is 0.923. The molecule has 3 unspecified atom stereocenters. The second kappa shape index (κ2) is 7.00. The maximum Gasteiger partial charge on any atom is 0.242 e. The highest BCUT2D eigenvalue weighted by Gasteiger charge is 2.34. The van der Waals surface area contributed by atoms with Crippen LogP contribution < -0.4 is 5.32 Å². The van der Waals surface area contributed by atoms with Crippen LogP contribution in [-0.2, 0) is 9.53 Å². The number of hydrogen-bond donors (Lipinski definition) is 1. The summed E-state index contributed by atoms with van der Waals surface area (Å²) < 4.78 is 5.76. The van der Waals surface area contributed by atoms with Crippen molar-refractivity contribution in [2.45, 2.75) is 45.9 Å². The first-order valence-corrected chi connectivity index (χ1v) is 7.57. The number of amides is 1. The molecule has 0 spiro atoms. The highest BCUT2D eigenvalue weighted by molar-refractivity contribution is 5.94. The van der Waals surface area contributed by atoms with Crippen LogP contribution in [0.2, 0.25) is 0 Å². The van der Waals surface area contributed by atoms with Crippen LogP contribution in [0.25, 0.3) is 0 Å². The Hall–Kier alpha value is -1.46. The van der Waals surface area contributed by atoms with Crippen molar-refractivity contribution in [1.82, 2.24) is 9.88 Å². The van der Waals surface area contributed by atoms with Crippen molar-refractivity contribution in [1.29, 1.82) is 0 Å². The third-order valence-corrected chi connectivity index (χ3v) is 3.69. The Morgan fingerprint density at radius 1 is 1.29 bits per heavy atom. The average molecular weight is 291 g/mol. The summed E-state index contributed by atoms with van der Waals surface area (Å²) in [4.78, 5) is 18.9. The van der Waals surface area contributed by atoms with E-state index in [1.165, 1.54) is 0 Å². The molecule has 0 aromatic carbocycles. The van der Waals surface area contributed by atoms with Crippen LogP contribution >= 0.6 is 0 Å². The number of ether oxygens (including phenoxy) is 1. The summed E-state index contributed by atoms with van der Waals surface area (Å²) in [6.07, 6.45) is 3.67. The van der Waals surface area contributed by atoms with Gasteiger partial charge in [-0.1, -0.05) is 13.8 Å². The normalized spacial score (nSPS) is 24.8. The molecular weight excluding hydrogens is 266 g/mol. The summed E-state index contributed by atoms with van der Waals surface area (Å²) in [5.74, 6) is 0.279. The molecule has 1 amide bonds. The summed E-state index contributed by atoms with van der Waals surface area (Å²) in [5, 5.41) is 2.99. The van der Waals surface area contributed by atoms with E-state index in [2.05, 4.69) is 42.9 Å². The van der Waals surface area contributed by atoms with Gasteiger partial charge in [-0.25, -0.2) is 0 Å². The van der Waals surface area contributed by atoms with E-state index in [0.717, 1.165) is 18.8 Å². The molecule has 1 N–H and O–H groups in total. The van der Waals surface area contributed by atoms with Gasteiger partial charge in [0.05, 0.1) is 18.2 Å². The summed E-state index contributed by atoms with van der Waals surface area (Å²) in [7, 11) is 0. The number of carbonyl (C=O) groups excluding carboxylic acids is 1. The molecule has 1 aromatic heterocycles. The van der Waals surface area contributed by atoms with Crippen LogP contribution in [0.1, 0.15) is 27.7 Å². The van der Waals surface area contributed by atoms with Gasteiger partial charge in [-0.2, -0.15) is 0 Å². The van der Waals surface area contributed by atoms with E-state index in [4.69, 9.17) is 4.74 Å². The predicted octanol–water partition coefficient (Wildman–Crippen LogP) is 2.15. The van der Waals surface area contributed by atoms with Crippen LogP contribution in [0.5, 0.6) is 0 Å². The number of pyridine rings is 1. The number of anilines is 1. The van der Waals surface area contributed by atoms with E-state index < -0.39 is 0 Å². The van der Waals surface area contributed by atoms with E-state index in [-0.39, 0.29) is 30.1 Å². The van der Waals surface area contributed by atoms with Crippen molar-refractivity contribution in [3.63, 3.8) is 0 Å². The largest absolute Gasteiger partial charge is 0.373 e. The minimum Gasteiger partial charge on any atom is -0.373 e. The second-order valence-electron chi connectivity index (χ2n) is 6.13. The number of nitrogens with zero attached hydrogens (tertiary/aromatic N) is 2. The molecule has 5 nitrogen and oxygen atoms in total. The van der Waals surface area contributed by atoms with Gasteiger partial charge < -0.3 is 10.1 Å². The zero-order valence-corrected chi connectivity index (χ0v) is 13.2. The zero-order chi connectivity index (χ0) is 15.4. The lowest BCUT2D eigenvalue weighted by molar-refractivity contribution is -0.130. The molecular formula is C16H25N3O2. The van der Waals surface area contributed by atoms with E-state index >= 15 is 0 Å². The SMILES string of the molecule is CC1CN(C(C(=O)Nc2ccncc2)C(C)C)CC(C)O1. The van der Waals surface area contributed by atoms with Gasteiger partial charge in [0.1, 0.15) is 0 Å². The van der Waals surface area contributed by atoms with Crippen LogP contribution in [0, 0.1) is 5.92 Å². The van der Waals surface area contributed by atoms with E-state index in [0.29, 0.717) is 0 Å². The number of carbonyl (C=O) groups is 1. The minimum absolute atomic E-state index is 0.0394. The standard InChI is InChI=1S/C16H25N3O2/c1-11(2)15(19-9-12(3)21-13(4)10-19)16(20)18-14-5-7-17-8-6-14/h5-8,11-13,15H,9-10H2,1-4H3,(H,17,18,20). The van der Waals surface area contributed by atoms with Crippen molar-refractivity contribution in [2.75, 3.05) is 18.4 Å². The van der Waals surface area contributed by atoms with Gasteiger partial charge in [0, 0.05) is 31.2 Å². The summed E-state index contributed by atoms with van der Waals surface area (Å²) >= 11 is 0. The number of nitrogens with one attached hydrogen (secondary N) is 1. The van der Waals surface area contributed by atoms with Crippen molar-refractivity contribution in [2.24, 2.45) is 5.92 Å². The smallest absolute Gasteiger partial charge is 0.242 e. The summed E-state index contributed by atoms with van der Waals surface area (Å²) in [5.41, 5.74) is 0.787. The molecule has 1 saturated heterocycles. The van der Waals surface area contributed by atoms with Crippen molar-refractivity contribution in [3.8, 4) is 0 Å². The van der Waals surface area contributed by atoms with E-state index in [9.17, 15) is 4.79 Å². The summed E-state index contributed by atoms with van der Waals surface area (Å²) in [6, 6.07) is 3.46. The summed E-state index contributed by atoms with van der Waals surface area (Å²) in [6.45, 7) is 9.86. The Morgan fingerprint density at radius 2 is 1.86 bits per heavy atom. The van der Waals surface area contributed by atoms with Crippen LogP contribution in [0.3, 0.4) is 0 Å². The predicted molar refractivity (Wildman–Crippen MR) is 83.1 cm³/mol. The fourth-order valence-electron chi connectivity index (χ4n) is 2.99. The second-order valence-corrected chi connectivity index (χ2v) is 6.13. The van der Waals surface area contributed by atoms with Gasteiger partial charge in [-0.3, -0.25) is 14.7 Å². The third-order valence-electron chi connectivity index (χ3n) is 3.69. The fraction of sp³-hybridized carbons (Fsp3) is 0.625. The molecule has 116 valence electrons. The Morgan fingerprint density at radius 3 is 2.38 bits per heavy atom. The maximum atomic E-state index is 12.7. The van der Waals surface area contributed by atoms with Gasteiger partial charge in [-0.05, 0) is 31.9 Å². The Kier molecular flexibility index (Phi) is 5.31. The molecule has 21 heavy (non-hydrogen) atoms. The number of morpholine rings is 1. The number of aromatic nitrogens is 1. The molecule has 5 heteroatoms. The van der Waals surface area contributed by atoms with Crippen LogP contribution in [0.15, 0.2) is 24.5 Å². The zero-order valence-electron chi connectivity index (χ0n) is 13.2. The first-order valence-electron chi connectivity index (χ1n) is 7.57. The Labute approximate surface area is 126 Å². The Balaban J connectivity index is 2.09. The van der Waals surface area contributed by atoms with Gasteiger partial charge in [0.15, 0.2) is 0 Å². The van der Waals surface area contributed by atoms with Gasteiger partial charge >= 0.3 is 0 Å². The maximum absolute atomic E-state index is 12.7. The monoisotopic (exact) mass is 291 g/mol. The molecule has 3 atom stereocenters. The average Bonchev–Trinajstić information content (AvgIpc) is 2.38. The molecule has 0 radical (unpaired) electrons. The van der Waals surface area contributed by atoms with Gasteiger partial charge in [0.25, 0.3) is 0 Å². The topological polar surface area (TPSA) is 54.5 Å². The van der Waals surface area contributed by atoms with Crippen molar-refractivity contribution >= 4 is 11.6 Å². The van der Waals surface area contributed by atoms with Crippen molar-refractivity contribution in [3.05, 3.63) is 24.5 Å². The van der Waals surface area contributed by atoms with E-state index in [1.54, 1.807) is 24.5 Å². The third kappa shape index (κ3) is 4.25. The minimum atomic E-state index is -0.146. The lowest BCUT2D eigenvalue weighted by atomic mass is 9.99. The molecule has 1 aromatic rings. The molecule has 1 aliphatic heterocycles. The molecule has 0 bridgehead atoms. The molecule has 1 aliphatic rings. The highest BCUT2D eigenvalue weighted by Crippen LogP contribution is 2.20.